The molecule has 5 heteroatoms. The molecule has 2 rings (SSSR count). The van der Waals surface area contributed by atoms with Crippen LogP contribution in [0, 0.1) is 5.92 Å². The molecule has 0 aromatic heterocycles. The Morgan fingerprint density at radius 1 is 1.67 bits per heavy atom. The van der Waals surface area contributed by atoms with Crippen molar-refractivity contribution in [1.29, 1.82) is 0 Å². The van der Waals surface area contributed by atoms with Gasteiger partial charge in [0, 0.05) is 0 Å². The van der Waals surface area contributed by atoms with Crippen molar-refractivity contribution in [2.24, 2.45) is 11.1 Å². The molecule has 0 aromatic rings. The van der Waals surface area contributed by atoms with E-state index in [1.54, 1.807) is 0 Å². The van der Waals surface area contributed by atoms with Crippen LogP contribution in [0.5, 0.6) is 0 Å². The number of nitrogens with zero attached hydrogens (tertiary/aromatic N) is 1. The summed E-state index contributed by atoms with van der Waals surface area (Å²) < 4.78 is 5.18. The maximum absolute atomic E-state index is 10.6. The summed E-state index contributed by atoms with van der Waals surface area (Å²) >= 11 is 0. The van der Waals surface area contributed by atoms with Gasteiger partial charge in [0.05, 0.1) is 12.5 Å². The monoisotopic (exact) mass is 171 g/mol. The molecule has 2 aliphatic rings. The van der Waals surface area contributed by atoms with Gasteiger partial charge in [-0.25, -0.2) is 4.79 Å². The molecule has 2 heterocycles. The van der Waals surface area contributed by atoms with E-state index in [-0.39, 0.29) is 11.6 Å². The molecule has 0 bridgehead atoms. The van der Waals surface area contributed by atoms with Crippen LogP contribution in [0.15, 0.2) is 5.16 Å². The van der Waals surface area contributed by atoms with E-state index in [0.29, 0.717) is 6.61 Å². The smallest absolute Gasteiger partial charge is 0.354 e. The second kappa shape index (κ2) is 2.75. The normalized spacial score (nSPS) is 33.5. The van der Waals surface area contributed by atoms with Crippen LogP contribution in [0.1, 0.15) is 12.8 Å². The molecule has 0 amide bonds. The topological polar surface area (TPSA) is 68.1 Å². The zero-order valence-corrected chi connectivity index (χ0v) is 6.40. The zero-order chi connectivity index (χ0) is 8.55. The molecule has 0 aliphatic carbocycles. The number of carboxylic acids is 1. The van der Waals surface area contributed by atoms with Crippen molar-refractivity contribution >= 4 is 11.7 Å². The van der Waals surface area contributed by atoms with E-state index in [9.17, 15) is 4.79 Å². The Hall–Kier alpha value is -1.10. The Bertz CT molecular complexity index is 238. The van der Waals surface area contributed by atoms with Gasteiger partial charge in [-0.05, 0) is 12.8 Å². The predicted octanol–water partition coefficient (Wildman–Crippen LogP) is 0.210. The van der Waals surface area contributed by atoms with Gasteiger partial charge in [0.25, 0.3) is 0 Å². The summed E-state index contributed by atoms with van der Waals surface area (Å²) in [6.45, 7) is 0.629. The minimum atomic E-state index is -1.01. The fraction of sp³-hybridized carbons (Fsp3) is 0.714. The van der Waals surface area contributed by atoms with Crippen LogP contribution in [0.4, 0.5) is 0 Å². The Kier molecular flexibility index (Phi) is 1.73. The summed E-state index contributed by atoms with van der Waals surface area (Å²) in [5.74, 6) is -1.18. The highest BCUT2D eigenvalue weighted by Gasteiger charge is 2.40. The van der Waals surface area contributed by atoms with E-state index < -0.39 is 12.3 Å². The Morgan fingerprint density at radius 3 is 3.25 bits per heavy atom. The van der Waals surface area contributed by atoms with Crippen LogP contribution in [-0.2, 0) is 14.4 Å². The van der Waals surface area contributed by atoms with Crippen molar-refractivity contribution in [2.75, 3.05) is 6.61 Å². The molecule has 2 unspecified atom stereocenters. The Morgan fingerprint density at radius 2 is 2.50 bits per heavy atom. The molecule has 1 N–H and O–H groups in total. The average Bonchev–Trinajstić information content (AvgIpc) is 2.47. The standard InChI is InChI=1S/C7H9NO4/c9-6(10)5-4-2-1-3-11-7(4)12-8-5/h4,7H,1-3H2,(H,9,10). The number of hydrogen-bond donors (Lipinski definition) is 1. The number of ether oxygens (including phenoxy) is 1. The van der Waals surface area contributed by atoms with Crippen LogP contribution in [0.2, 0.25) is 0 Å². The number of carboxylic acid groups (broad SMARTS) is 1. The molecule has 1 saturated heterocycles. The van der Waals surface area contributed by atoms with Crippen molar-refractivity contribution < 1.29 is 19.5 Å². The first-order chi connectivity index (χ1) is 5.79. The molecule has 5 nitrogen and oxygen atoms in total. The highest BCUT2D eigenvalue weighted by atomic mass is 16.8. The molecule has 12 heavy (non-hydrogen) atoms. The van der Waals surface area contributed by atoms with Crippen molar-refractivity contribution in [3.8, 4) is 0 Å². The van der Waals surface area contributed by atoms with Crippen LogP contribution in [-0.4, -0.2) is 29.7 Å². The summed E-state index contributed by atoms with van der Waals surface area (Å²) in [5.41, 5.74) is 0.0969. The van der Waals surface area contributed by atoms with Gasteiger partial charge in [0.1, 0.15) is 0 Å². The van der Waals surface area contributed by atoms with Crippen LogP contribution in [0.25, 0.3) is 0 Å². The summed E-state index contributed by atoms with van der Waals surface area (Å²) in [6.07, 6.45) is 1.21. The first-order valence-corrected chi connectivity index (χ1v) is 3.87. The average molecular weight is 171 g/mol. The van der Waals surface area contributed by atoms with Crippen LogP contribution in [0.3, 0.4) is 0 Å². The van der Waals surface area contributed by atoms with Crippen molar-refractivity contribution in [1.82, 2.24) is 0 Å². The summed E-state index contributed by atoms with van der Waals surface area (Å²) in [5, 5.41) is 12.2. The number of carbonyl (C=O) groups is 1. The van der Waals surface area contributed by atoms with E-state index in [0.717, 1.165) is 12.8 Å². The summed E-state index contributed by atoms with van der Waals surface area (Å²) in [4.78, 5) is 15.4. The van der Waals surface area contributed by atoms with Gasteiger partial charge in [-0.2, -0.15) is 0 Å². The highest BCUT2D eigenvalue weighted by Crippen LogP contribution is 2.28. The first-order valence-electron chi connectivity index (χ1n) is 3.87. The second-order valence-electron chi connectivity index (χ2n) is 2.87. The summed E-state index contributed by atoms with van der Waals surface area (Å²) in [6, 6.07) is 0. The van der Waals surface area contributed by atoms with Crippen LogP contribution < -0.4 is 0 Å². The molecule has 0 aromatic carbocycles. The third-order valence-corrected chi connectivity index (χ3v) is 2.10. The first kappa shape index (κ1) is 7.54. The zero-order valence-electron chi connectivity index (χ0n) is 6.40. The van der Waals surface area contributed by atoms with Gasteiger partial charge in [-0.1, -0.05) is 5.16 Å². The van der Waals surface area contributed by atoms with E-state index >= 15 is 0 Å². The lowest BCUT2D eigenvalue weighted by molar-refractivity contribution is -0.162. The quantitative estimate of drug-likeness (QED) is 0.612. The molecular weight excluding hydrogens is 162 g/mol. The van der Waals surface area contributed by atoms with Gasteiger partial charge >= 0.3 is 5.97 Å². The van der Waals surface area contributed by atoms with Gasteiger partial charge in [0.15, 0.2) is 5.71 Å². The van der Waals surface area contributed by atoms with E-state index in [4.69, 9.17) is 14.7 Å². The largest absolute Gasteiger partial charge is 0.477 e. The minimum absolute atomic E-state index is 0.0969. The van der Waals surface area contributed by atoms with Gasteiger partial charge in [-0.15, -0.1) is 0 Å². The SMILES string of the molecule is O=C(O)C1=NOC2OCCCC12. The number of oxime groups is 1. The van der Waals surface area contributed by atoms with Gasteiger partial charge < -0.3 is 14.7 Å². The molecule has 2 aliphatic heterocycles. The Balaban J connectivity index is 2.13. The van der Waals surface area contributed by atoms with Crippen molar-refractivity contribution in [3.05, 3.63) is 0 Å². The lowest BCUT2D eigenvalue weighted by Crippen LogP contribution is -2.33. The molecule has 0 radical (unpaired) electrons. The fourth-order valence-electron chi connectivity index (χ4n) is 1.50. The van der Waals surface area contributed by atoms with E-state index in [1.165, 1.54) is 0 Å². The lowest BCUT2D eigenvalue weighted by Gasteiger charge is -2.22. The maximum Gasteiger partial charge on any atom is 0.354 e. The fourth-order valence-corrected chi connectivity index (χ4v) is 1.50. The van der Waals surface area contributed by atoms with E-state index in [2.05, 4.69) is 5.16 Å². The van der Waals surface area contributed by atoms with Crippen molar-refractivity contribution in [3.63, 3.8) is 0 Å². The lowest BCUT2D eigenvalue weighted by atomic mass is 9.96. The molecule has 2 atom stereocenters. The molecule has 0 saturated carbocycles. The van der Waals surface area contributed by atoms with Crippen molar-refractivity contribution in [2.45, 2.75) is 19.1 Å². The maximum atomic E-state index is 10.6. The van der Waals surface area contributed by atoms with Crippen LogP contribution >= 0.6 is 0 Å². The molecular formula is C7H9NO4. The number of hydrogen-bond acceptors (Lipinski definition) is 4. The third kappa shape index (κ3) is 1.06. The number of fused-ring (bicyclic) bond motifs is 1. The second-order valence-corrected chi connectivity index (χ2v) is 2.87. The predicted molar refractivity (Wildman–Crippen MR) is 38.6 cm³/mol. The number of aliphatic carboxylic acids is 1. The highest BCUT2D eigenvalue weighted by molar-refractivity contribution is 6.36. The van der Waals surface area contributed by atoms with Gasteiger partial charge in [0.2, 0.25) is 6.29 Å². The summed E-state index contributed by atoms with van der Waals surface area (Å²) in [7, 11) is 0. The Labute approximate surface area is 68.9 Å². The number of rotatable bonds is 1. The molecule has 66 valence electrons. The molecule has 0 spiro atoms. The van der Waals surface area contributed by atoms with E-state index in [1.807, 2.05) is 0 Å². The molecule has 1 fully saturated rings. The third-order valence-electron chi connectivity index (χ3n) is 2.10. The van der Waals surface area contributed by atoms with Gasteiger partial charge in [-0.3, -0.25) is 0 Å². The minimum Gasteiger partial charge on any atom is -0.477 e.